The second-order valence-corrected chi connectivity index (χ2v) is 4.12. The van der Waals surface area contributed by atoms with Crippen LogP contribution in [-0.2, 0) is 14.3 Å². The lowest BCUT2D eigenvalue weighted by Crippen LogP contribution is -2.42. The molecule has 0 aliphatic heterocycles. The van der Waals surface area contributed by atoms with Crippen molar-refractivity contribution in [2.75, 3.05) is 38.2 Å². The normalized spacial score (nSPS) is 9.95. The Bertz CT molecular complexity index is 439. The van der Waals surface area contributed by atoms with Gasteiger partial charge in [-0.1, -0.05) is 0 Å². The molecular formula is C13H20N4O3. The molecule has 0 N–H and O–H groups in total. The van der Waals surface area contributed by atoms with E-state index < -0.39 is 5.97 Å². The molecule has 0 aliphatic rings. The first kappa shape index (κ1) is 15.9. The van der Waals surface area contributed by atoms with E-state index in [1.165, 1.54) is 4.90 Å². The number of hydrogen-bond donors (Lipinski definition) is 0. The van der Waals surface area contributed by atoms with Crippen molar-refractivity contribution in [2.45, 2.75) is 13.8 Å². The monoisotopic (exact) mass is 280 g/mol. The summed E-state index contributed by atoms with van der Waals surface area (Å²) in [6.45, 7) is 4.38. The van der Waals surface area contributed by atoms with Gasteiger partial charge in [0.15, 0.2) is 0 Å². The molecule has 7 heteroatoms. The van der Waals surface area contributed by atoms with E-state index in [1.54, 1.807) is 37.3 Å². The van der Waals surface area contributed by atoms with Gasteiger partial charge in [-0.3, -0.25) is 9.59 Å². The quantitative estimate of drug-likeness (QED) is 0.670. The zero-order valence-corrected chi connectivity index (χ0v) is 12.1. The first-order valence-electron chi connectivity index (χ1n) is 6.50. The molecule has 0 atom stereocenters. The van der Waals surface area contributed by atoms with Gasteiger partial charge in [0.05, 0.1) is 13.2 Å². The number of nitrogens with zero attached hydrogens (tertiary/aromatic N) is 4. The van der Waals surface area contributed by atoms with Gasteiger partial charge in [-0.15, -0.1) is 0 Å². The van der Waals surface area contributed by atoms with Gasteiger partial charge < -0.3 is 14.5 Å². The maximum absolute atomic E-state index is 12.1. The second kappa shape index (κ2) is 8.08. The Labute approximate surface area is 118 Å². The fourth-order valence-electron chi connectivity index (χ4n) is 1.60. The van der Waals surface area contributed by atoms with E-state index in [4.69, 9.17) is 4.74 Å². The standard InChI is InChI=1S/C13H20N4O3/c1-4-17(10-12(19)20-5-2)11(18)9-16(3)13-14-7-6-8-15-13/h6-8H,4-5,9-10H2,1-3H3. The molecule has 0 saturated carbocycles. The molecule has 1 aromatic rings. The lowest BCUT2D eigenvalue weighted by Gasteiger charge is -2.23. The van der Waals surface area contributed by atoms with Crippen molar-refractivity contribution >= 4 is 17.8 Å². The molecule has 20 heavy (non-hydrogen) atoms. The predicted molar refractivity (Wildman–Crippen MR) is 74.2 cm³/mol. The van der Waals surface area contributed by atoms with Crippen molar-refractivity contribution in [1.29, 1.82) is 0 Å². The van der Waals surface area contributed by atoms with Crippen LogP contribution >= 0.6 is 0 Å². The zero-order chi connectivity index (χ0) is 15.0. The molecule has 1 heterocycles. The Morgan fingerprint density at radius 2 is 1.85 bits per heavy atom. The average molecular weight is 280 g/mol. The van der Waals surface area contributed by atoms with Gasteiger partial charge in [0.2, 0.25) is 11.9 Å². The van der Waals surface area contributed by atoms with Crippen molar-refractivity contribution in [2.24, 2.45) is 0 Å². The Hall–Kier alpha value is -2.18. The van der Waals surface area contributed by atoms with Gasteiger partial charge in [0, 0.05) is 26.0 Å². The van der Waals surface area contributed by atoms with Crippen LogP contribution in [-0.4, -0.2) is 60.0 Å². The van der Waals surface area contributed by atoms with Crippen LogP contribution in [0.4, 0.5) is 5.95 Å². The van der Waals surface area contributed by atoms with Crippen LogP contribution in [0.2, 0.25) is 0 Å². The van der Waals surface area contributed by atoms with Crippen molar-refractivity contribution in [3.05, 3.63) is 18.5 Å². The predicted octanol–water partition coefficient (Wildman–Crippen LogP) is 0.324. The minimum absolute atomic E-state index is 0.0351. The van der Waals surface area contributed by atoms with Crippen LogP contribution in [0.25, 0.3) is 0 Å². The van der Waals surface area contributed by atoms with Gasteiger partial charge in [0.1, 0.15) is 6.54 Å². The minimum atomic E-state index is -0.402. The number of carbonyl (C=O) groups is 2. The fraction of sp³-hybridized carbons (Fsp3) is 0.538. The van der Waals surface area contributed by atoms with Gasteiger partial charge in [0.25, 0.3) is 0 Å². The Balaban J connectivity index is 2.57. The molecule has 7 nitrogen and oxygen atoms in total. The van der Waals surface area contributed by atoms with E-state index in [2.05, 4.69) is 9.97 Å². The molecule has 1 rings (SSSR count). The number of aromatic nitrogens is 2. The van der Waals surface area contributed by atoms with Crippen LogP contribution in [0.5, 0.6) is 0 Å². The number of carbonyl (C=O) groups excluding carboxylic acids is 2. The summed E-state index contributed by atoms with van der Waals surface area (Å²) < 4.78 is 4.84. The summed E-state index contributed by atoms with van der Waals surface area (Å²) >= 11 is 0. The largest absolute Gasteiger partial charge is 0.465 e. The smallest absolute Gasteiger partial charge is 0.325 e. The van der Waals surface area contributed by atoms with E-state index in [1.807, 2.05) is 6.92 Å². The van der Waals surface area contributed by atoms with Gasteiger partial charge in [-0.2, -0.15) is 0 Å². The summed E-state index contributed by atoms with van der Waals surface area (Å²) in [4.78, 5) is 34.7. The number of likely N-dealkylation sites (N-methyl/N-ethyl adjacent to an activating group) is 2. The number of rotatable bonds is 7. The highest BCUT2D eigenvalue weighted by Crippen LogP contribution is 2.03. The van der Waals surface area contributed by atoms with E-state index >= 15 is 0 Å². The Kier molecular flexibility index (Phi) is 6.42. The summed E-state index contributed by atoms with van der Waals surface area (Å²) in [5.41, 5.74) is 0. The maximum atomic E-state index is 12.1. The maximum Gasteiger partial charge on any atom is 0.325 e. The fourth-order valence-corrected chi connectivity index (χ4v) is 1.60. The third-order valence-electron chi connectivity index (χ3n) is 2.63. The number of esters is 1. The SMILES string of the molecule is CCOC(=O)CN(CC)C(=O)CN(C)c1ncccn1. The van der Waals surface area contributed by atoms with E-state index in [0.29, 0.717) is 19.1 Å². The summed E-state index contributed by atoms with van der Waals surface area (Å²) in [7, 11) is 1.73. The number of anilines is 1. The van der Waals surface area contributed by atoms with E-state index in [-0.39, 0.29) is 19.0 Å². The lowest BCUT2D eigenvalue weighted by molar-refractivity contribution is -0.148. The van der Waals surface area contributed by atoms with Crippen LogP contribution in [0.1, 0.15) is 13.8 Å². The highest BCUT2D eigenvalue weighted by atomic mass is 16.5. The molecule has 0 bridgehead atoms. The summed E-state index contributed by atoms with van der Waals surface area (Å²) in [6.07, 6.45) is 3.22. The van der Waals surface area contributed by atoms with Gasteiger partial charge >= 0.3 is 5.97 Å². The van der Waals surface area contributed by atoms with Crippen LogP contribution in [0.15, 0.2) is 18.5 Å². The molecule has 0 unspecified atom stereocenters. The number of hydrogen-bond acceptors (Lipinski definition) is 6. The number of ether oxygens (including phenoxy) is 1. The van der Waals surface area contributed by atoms with Gasteiger partial charge in [-0.05, 0) is 19.9 Å². The average Bonchev–Trinajstić information content (AvgIpc) is 2.45. The molecule has 0 aromatic carbocycles. The van der Waals surface area contributed by atoms with Crippen LogP contribution < -0.4 is 4.90 Å². The van der Waals surface area contributed by atoms with Crippen molar-refractivity contribution in [3.8, 4) is 0 Å². The molecule has 0 aliphatic carbocycles. The molecule has 0 fully saturated rings. The molecular weight excluding hydrogens is 260 g/mol. The van der Waals surface area contributed by atoms with E-state index in [0.717, 1.165) is 0 Å². The topological polar surface area (TPSA) is 75.6 Å². The van der Waals surface area contributed by atoms with Crippen molar-refractivity contribution in [1.82, 2.24) is 14.9 Å². The summed E-state index contributed by atoms with van der Waals surface area (Å²) in [6, 6.07) is 1.71. The second-order valence-electron chi connectivity index (χ2n) is 4.12. The van der Waals surface area contributed by atoms with Gasteiger partial charge in [-0.25, -0.2) is 9.97 Å². The van der Waals surface area contributed by atoms with Crippen molar-refractivity contribution < 1.29 is 14.3 Å². The molecule has 0 radical (unpaired) electrons. The molecule has 1 aromatic heterocycles. The highest BCUT2D eigenvalue weighted by Gasteiger charge is 2.18. The Morgan fingerprint density at radius 1 is 1.20 bits per heavy atom. The summed E-state index contributed by atoms with van der Waals surface area (Å²) in [5, 5.41) is 0. The lowest BCUT2D eigenvalue weighted by atomic mass is 10.4. The van der Waals surface area contributed by atoms with Crippen LogP contribution in [0, 0.1) is 0 Å². The van der Waals surface area contributed by atoms with Crippen molar-refractivity contribution in [3.63, 3.8) is 0 Å². The Morgan fingerprint density at radius 3 is 2.40 bits per heavy atom. The third kappa shape index (κ3) is 4.83. The summed E-state index contributed by atoms with van der Waals surface area (Å²) in [5.74, 6) is -0.107. The number of amides is 1. The molecule has 0 saturated heterocycles. The van der Waals surface area contributed by atoms with Crippen LogP contribution in [0.3, 0.4) is 0 Å². The first-order chi connectivity index (χ1) is 9.58. The molecule has 110 valence electrons. The highest BCUT2D eigenvalue weighted by molar-refractivity contribution is 5.84. The molecule has 0 spiro atoms. The first-order valence-corrected chi connectivity index (χ1v) is 6.50. The minimum Gasteiger partial charge on any atom is -0.465 e. The van der Waals surface area contributed by atoms with E-state index in [9.17, 15) is 9.59 Å². The third-order valence-corrected chi connectivity index (χ3v) is 2.63. The molecule has 1 amide bonds. The zero-order valence-electron chi connectivity index (χ0n) is 12.1.